The number of carboxylic acids is 1. The number of benzene rings is 2. The smallest absolute Gasteiger partial charge is 0.416 e. The van der Waals surface area contributed by atoms with Crippen LogP contribution in [0.3, 0.4) is 0 Å². The maximum Gasteiger partial charge on any atom is 0.416 e. The summed E-state index contributed by atoms with van der Waals surface area (Å²) in [6.45, 7) is 7.16. The Bertz CT molecular complexity index is 906. The third-order valence-electron chi connectivity index (χ3n) is 6.72. The summed E-state index contributed by atoms with van der Waals surface area (Å²) in [5.74, 6) is -0.281. The summed E-state index contributed by atoms with van der Waals surface area (Å²) in [6.07, 6.45) is -0.908. The number of rotatable bonds is 8. The first-order valence-corrected chi connectivity index (χ1v) is 11.8. The summed E-state index contributed by atoms with van der Waals surface area (Å²) < 4.78 is 39.4. The van der Waals surface area contributed by atoms with Gasteiger partial charge in [-0.2, -0.15) is 13.2 Å². The van der Waals surface area contributed by atoms with E-state index < -0.39 is 17.7 Å². The van der Waals surface area contributed by atoms with E-state index in [1.54, 1.807) is 12.1 Å². The molecule has 3 atom stereocenters. The highest BCUT2D eigenvalue weighted by Crippen LogP contribution is 2.43. The highest BCUT2D eigenvalue weighted by Gasteiger charge is 2.36. The summed E-state index contributed by atoms with van der Waals surface area (Å²) >= 11 is 0. The molecule has 0 spiro atoms. The molecule has 6 heteroatoms. The topological polar surface area (TPSA) is 40.5 Å². The van der Waals surface area contributed by atoms with E-state index >= 15 is 0 Å². The minimum Gasteiger partial charge on any atom is -0.481 e. The largest absolute Gasteiger partial charge is 0.481 e. The van der Waals surface area contributed by atoms with Gasteiger partial charge in [-0.3, -0.25) is 9.69 Å². The van der Waals surface area contributed by atoms with E-state index in [9.17, 15) is 23.1 Å². The van der Waals surface area contributed by atoms with Crippen LogP contribution in [0.4, 0.5) is 13.2 Å². The van der Waals surface area contributed by atoms with Gasteiger partial charge in [-0.1, -0.05) is 55.8 Å². The molecule has 0 saturated carbocycles. The first-order chi connectivity index (χ1) is 15.5. The molecule has 0 unspecified atom stereocenters. The molecule has 0 aromatic heterocycles. The molecule has 0 amide bonds. The lowest BCUT2D eigenvalue weighted by Gasteiger charge is -2.44. The molecule has 33 heavy (non-hydrogen) atoms. The average molecular weight is 462 g/mol. The molecule has 1 N–H and O–H groups in total. The zero-order chi connectivity index (χ0) is 24.2. The van der Waals surface area contributed by atoms with Crippen molar-refractivity contribution in [3.8, 4) is 0 Å². The molecular formula is C27H34F3NO2. The van der Waals surface area contributed by atoms with Crippen LogP contribution in [0, 0.1) is 18.8 Å². The Hall–Kier alpha value is -2.34. The second-order valence-corrected chi connectivity index (χ2v) is 9.76. The number of likely N-dealkylation sites (tertiary alicyclic amines) is 1. The molecule has 2 aromatic carbocycles. The van der Waals surface area contributed by atoms with Gasteiger partial charge < -0.3 is 5.11 Å². The molecule has 3 rings (SSSR count). The number of nitrogens with zero attached hydrogens (tertiary/aromatic N) is 1. The number of hydrogen-bond donors (Lipinski definition) is 1. The van der Waals surface area contributed by atoms with Gasteiger partial charge in [-0.15, -0.1) is 0 Å². The zero-order valence-electron chi connectivity index (χ0n) is 19.6. The number of carbonyl (C=O) groups is 1. The lowest BCUT2D eigenvalue weighted by Crippen LogP contribution is -2.40. The van der Waals surface area contributed by atoms with Crippen LogP contribution in [0.5, 0.6) is 0 Å². The van der Waals surface area contributed by atoms with Crippen LogP contribution in [0.25, 0.3) is 0 Å². The Balaban J connectivity index is 1.96. The first-order valence-electron chi connectivity index (χ1n) is 11.8. The van der Waals surface area contributed by atoms with Gasteiger partial charge >= 0.3 is 12.1 Å². The maximum absolute atomic E-state index is 13.1. The predicted molar refractivity (Wildman–Crippen MR) is 124 cm³/mol. The molecule has 3 nitrogen and oxygen atoms in total. The van der Waals surface area contributed by atoms with Crippen molar-refractivity contribution in [3.63, 3.8) is 0 Å². The molecular weight excluding hydrogens is 427 g/mol. The van der Waals surface area contributed by atoms with Gasteiger partial charge in [0, 0.05) is 18.5 Å². The van der Waals surface area contributed by atoms with Crippen LogP contribution < -0.4 is 0 Å². The number of piperidine rings is 1. The second-order valence-electron chi connectivity index (χ2n) is 9.76. The van der Waals surface area contributed by atoms with Gasteiger partial charge in [0.25, 0.3) is 0 Å². The van der Waals surface area contributed by atoms with Crippen molar-refractivity contribution in [3.05, 3.63) is 70.8 Å². The van der Waals surface area contributed by atoms with Gasteiger partial charge in [0.2, 0.25) is 0 Å². The SMILES string of the molecule is Cc1ccc([C@@H](CCC(C)C)N2CC[C@@H](CC(=O)O)C[C@H]2c2ccc(C(F)(F)F)cc2)cc1. The molecule has 1 aliphatic rings. The fraction of sp³-hybridized carbons (Fsp3) is 0.519. The van der Waals surface area contributed by atoms with E-state index in [-0.39, 0.29) is 24.4 Å². The van der Waals surface area contributed by atoms with Crippen LogP contribution in [-0.2, 0) is 11.0 Å². The Labute approximate surface area is 194 Å². The molecule has 1 fully saturated rings. The Kier molecular flexibility index (Phi) is 8.22. The van der Waals surface area contributed by atoms with E-state index in [1.807, 2.05) is 0 Å². The molecule has 0 radical (unpaired) electrons. The third kappa shape index (κ3) is 6.83. The van der Waals surface area contributed by atoms with Crippen molar-refractivity contribution in [1.82, 2.24) is 4.90 Å². The Morgan fingerprint density at radius 2 is 1.70 bits per heavy atom. The fourth-order valence-electron chi connectivity index (χ4n) is 4.89. The minimum absolute atomic E-state index is 0.00908. The quantitative estimate of drug-likeness (QED) is 0.445. The van der Waals surface area contributed by atoms with E-state index in [2.05, 4.69) is 49.9 Å². The second kappa shape index (κ2) is 10.7. The van der Waals surface area contributed by atoms with Crippen molar-refractivity contribution >= 4 is 5.97 Å². The number of aliphatic carboxylic acids is 1. The number of halogens is 3. The fourth-order valence-corrected chi connectivity index (χ4v) is 4.89. The van der Waals surface area contributed by atoms with Crippen LogP contribution in [0.2, 0.25) is 0 Å². The maximum atomic E-state index is 13.1. The number of alkyl halides is 3. The highest BCUT2D eigenvalue weighted by atomic mass is 19.4. The van der Waals surface area contributed by atoms with Crippen molar-refractivity contribution in [2.24, 2.45) is 11.8 Å². The third-order valence-corrected chi connectivity index (χ3v) is 6.72. The lowest BCUT2D eigenvalue weighted by molar-refractivity contribution is -0.139. The van der Waals surface area contributed by atoms with Crippen molar-refractivity contribution in [2.75, 3.05) is 6.54 Å². The molecule has 1 aliphatic heterocycles. The van der Waals surface area contributed by atoms with Crippen LogP contribution in [0.1, 0.15) is 80.3 Å². The molecule has 180 valence electrons. The molecule has 0 bridgehead atoms. The van der Waals surface area contributed by atoms with E-state index in [0.29, 0.717) is 12.3 Å². The van der Waals surface area contributed by atoms with Crippen LogP contribution in [0.15, 0.2) is 48.5 Å². The highest BCUT2D eigenvalue weighted by molar-refractivity contribution is 5.67. The van der Waals surface area contributed by atoms with Gasteiger partial charge in [-0.25, -0.2) is 0 Å². The molecule has 2 aromatic rings. The van der Waals surface area contributed by atoms with Gasteiger partial charge in [0.05, 0.1) is 5.56 Å². The average Bonchev–Trinajstić information content (AvgIpc) is 2.74. The minimum atomic E-state index is -4.38. The predicted octanol–water partition coefficient (Wildman–Crippen LogP) is 7.42. The van der Waals surface area contributed by atoms with Crippen molar-refractivity contribution < 1.29 is 23.1 Å². The van der Waals surface area contributed by atoms with Gasteiger partial charge in [0.15, 0.2) is 0 Å². The van der Waals surface area contributed by atoms with Crippen molar-refractivity contribution in [1.29, 1.82) is 0 Å². The summed E-state index contributed by atoms with van der Waals surface area (Å²) in [4.78, 5) is 13.8. The number of aryl methyl sites for hydroxylation is 1. The summed E-state index contributed by atoms with van der Waals surface area (Å²) in [5, 5.41) is 9.33. The zero-order valence-corrected chi connectivity index (χ0v) is 19.6. The van der Waals surface area contributed by atoms with Crippen molar-refractivity contribution in [2.45, 2.75) is 71.1 Å². The van der Waals surface area contributed by atoms with E-state index in [0.717, 1.165) is 43.5 Å². The lowest BCUT2D eigenvalue weighted by atomic mass is 9.82. The summed E-state index contributed by atoms with van der Waals surface area (Å²) in [5.41, 5.74) is 2.54. The van der Waals surface area contributed by atoms with E-state index in [1.165, 1.54) is 11.1 Å². The summed E-state index contributed by atoms with van der Waals surface area (Å²) in [7, 11) is 0. The van der Waals surface area contributed by atoms with Gasteiger partial charge in [0.1, 0.15) is 0 Å². The molecule has 0 aliphatic carbocycles. The Morgan fingerprint density at radius 3 is 2.24 bits per heavy atom. The Morgan fingerprint density at radius 1 is 1.06 bits per heavy atom. The van der Waals surface area contributed by atoms with E-state index in [4.69, 9.17) is 0 Å². The monoisotopic (exact) mass is 461 g/mol. The molecule has 1 heterocycles. The first kappa shape index (κ1) is 25.3. The number of hydrogen-bond acceptors (Lipinski definition) is 2. The van der Waals surface area contributed by atoms with Crippen LogP contribution >= 0.6 is 0 Å². The molecule has 1 saturated heterocycles. The summed E-state index contributed by atoms with van der Waals surface area (Å²) in [6, 6.07) is 13.9. The normalized spacial score (nSPS) is 20.7. The van der Waals surface area contributed by atoms with Crippen LogP contribution in [-0.4, -0.2) is 22.5 Å². The number of carboxylic acid groups (broad SMARTS) is 1. The standard InChI is InChI=1S/C27H34F3NO2/c1-18(2)4-13-24(21-7-5-19(3)6-8-21)31-15-14-20(17-26(32)33)16-25(31)22-9-11-23(12-10-22)27(28,29)30/h5-12,18,20,24-25H,4,13-17H2,1-3H3,(H,32,33)/t20-,24-,25+/m1/s1. The van der Waals surface area contributed by atoms with Gasteiger partial charge in [-0.05, 0) is 74.2 Å².